The molecule has 0 saturated heterocycles. The lowest BCUT2D eigenvalue weighted by molar-refractivity contribution is 0.104. The molecule has 2 aromatic heterocycles. The highest BCUT2D eigenvalue weighted by molar-refractivity contribution is 8.00. The van der Waals surface area contributed by atoms with Crippen LogP contribution >= 0.6 is 46.2 Å². The molecule has 0 spiro atoms. The number of ketones is 1. The summed E-state index contributed by atoms with van der Waals surface area (Å²) in [6.07, 6.45) is 18.8. The third-order valence-electron chi connectivity index (χ3n) is 17.6. The lowest BCUT2D eigenvalue weighted by Gasteiger charge is -2.33. The molecule has 8 aromatic carbocycles. The quantitative estimate of drug-likeness (QED) is 0.0410. The molecule has 0 radical (unpaired) electrons. The average molecular weight is 1290 g/mol. The van der Waals surface area contributed by atoms with Gasteiger partial charge in [-0.1, -0.05) is 177 Å². The Morgan fingerprint density at radius 3 is 0.891 bits per heavy atom. The van der Waals surface area contributed by atoms with Crippen LogP contribution in [0.3, 0.4) is 0 Å². The van der Waals surface area contributed by atoms with Crippen molar-refractivity contribution in [2.24, 2.45) is 0 Å². The standard InChI is InChI=1S/C81H82N2O5S4/c1-5-9-13-17-45-85-61-31-37-69-77(51-61)91-78-52-62(86-46-18-14-10-6-2)32-38-70(78)82(69)59-27-21-55(22-28-59)73-41-43-75(89-73)57-25-35-65-66-36-26-58(50-68(66)81(84)67(65)49-57)76-44-42-74(90-76)56-23-29-60(30-24-56)83-71-39-33-63(87-47-19-15-11-7-3)53-79(71)92-80-54-64(34-40-72(80)83)88-48-20-16-12-8-4/h21-44,49-54H,5-20,45-48H2,1-4H3. The first-order valence-electron chi connectivity index (χ1n) is 33.6. The van der Waals surface area contributed by atoms with Crippen LogP contribution in [0.4, 0.5) is 34.1 Å². The number of thiophene rings is 2. The van der Waals surface area contributed by atoms with Gasteiger partial charge in [0.15, 0.2) is 5.78 Å². The van der Waals surface area contributed by atoms with Crippen molar-refractivity contribution in [1.29, 1.82) is 0 Å². The second-order valence-electron chi connectivity index (χ2n) is 24.3. The Kier molecular flexibility index (Phi) is 20.5. The van der Waals surface area contributed by atoms with Crippen LogP contribution in [0.2, 0.25) is 0 Å². The van der Waals surface area contributed by atoms with Crippen molar-refractivity contribution < 1.29 is 23.7 Å². The van der Waals surface area contributed by atoms with E-state index in [2.05, 4.69) is 219 Å². The Labute approximate surface area is 561 Å². The number of nitrogens with zero attached hydrogens (tertiary/aromatic N) is 2. The van der Waals surface area contributed by atoms with Gasteiger partial charge >= 0.3 is 0 Å². The zero-order valence-electron chi connectivity index (χ0n) is 53.5. The Morgan fingerprint density at radius 1 is 0.293 bits per heavy atom. The SMILES string of the molecule is CCCCCCOc1ccc2c(c1)Sc1cc(OCCCCCC)ccc1N2c1ccc(-c2ccc(-c3ccc4c(c3)C(=O)c3cc(-c5ccc(-c6ccc(N7c8ccc(OCCCCCC)cc8Sc8cc(OCCCCCC)ccc87)cc6)s5)ccc3-4)s2)cc1. The number of fused-ring (bicyclic) bond motifs is 7. The monoisotopic (exact) mass is 1290 g/mol. The van der Waals surface area contributed by atoms with Crippen molar-refractivity contribution in [2.75, 3.05) is 36.2 Å². The molecule has 0 amide bonds. The van der Waals surface area contributed by atoms with Crippen LogP contribution in [0.15, 0.2) is 202 Å². The average Bonchev–Trinajstić information content (AvgIpc) is 1.40. The van der Waals surface area contributed by atoms with Crippen molar-refractivity contribution >= 4 is 86.1 Å². The van der Waals surface area contributed by atoms with Gasteiger partial charge in [0, 0.05) is 61.6 Å². The van der Waals surface area contributed by atoms with Crippen LogP contribution in [0, 0.1) is 0 Å². The lowest BCUT2D eigenvalue weighted by Crippen LogP contribution is -2.15. The molecule has 4 heterocycles. The number of anilines is 6. The number of hydrogen-bond acceptors (Lipinski definition) is 11. The van der Waals surface area contributed by atoms with Crippen LogP contribution in [0.5, 0.6) is 23.0 Å². The van der Waals surface area contributed by atoms with Gasteiger partial charge in [-0.2, -0.15) is 0 Å². The van der Waals surface area contributed by atoms with E-state index in [1.165, 1.54) is 86.8 Å². The second-order valence-corrected chi connectivity index (χ2v) is 28.6. The van der Waals surface area contributed by atoms with Crippen molar-refractivity contribution in [3.63, 3.8) is 0 Å². The highest BCUT2D eigenvalue weighted by atomic mass is 32.2. The Morgan fingerprint density at radius 2 is 0.587 bits per heavy atom. The molecule has 0 bridgehead atoms. The molecule has 0 N–H and O–H groups in total. The molecule has 11 heteroatoms. The number of carbonyl (C=O) groups excluding carboxylic acids is 1. The number of rotatable bonds is 30. The summed E-state index contributed by atoms with van der Waals surface area (Å²) in [4.78, 5) is 28.5. The molecule has 1 aliphatic carbocycles. The number of carbonyl (C=O) groups is 1. The van der Waals surface area contributed by atoms with Crippen molar-refractivity contribution in [2.45, 2.75) is 150 Å². The third kappa shape index (κ3) is 14.1. The molecule has 7 nitrogen and oxygen atoms in total. The van der Waals surface area contributed by atoms with E-state index in [0.717, 1.165) is 183 Å². The van der Waals surface area contributed by atoms with Gasteiger partial charge in [0.2, 0.25) is 0 Å². The minimum atomic E-state index is 0.0755. The van der Waals surface area contributed by atoms with Crippen LogP contribution in [-0.4, -0.2) is 32.2 Å². The first-order valence-corrected chi connectivity index (χ1v) is 36.9. The summed E-state index contributed by atoms with van der Waals surface area (Å²) in [6, 6.07) is 65.6. The summed E-state index contributed by atoms with van der Waals surface area (Å²) in [6.45, 7) is 11.9. The number of benzene rings is 8. The van der Waals surface area contributed by atoms with Gasteiger partial charge in [0.05, 0.1) is 49.2 Å². The van der Waals surface area contributed by atoms with E-state index in [1.54, 1.807) is 46.2 Å². The number of hydrogen-bond donors (Lipinski definition) is 0. The smallest absolute Gasteiger partial charge is 0.194 e. The van der Waals surface area contributed by atoms with Gasteiger partial charge in [-0.3, -0.25) is 4.79 Å². The molecule has 0 unspecified atom stereocenters. The zero-order chi connectivity index (χ0) is 62.8. The second kappa shape index (κ2) is 29.9. The van der Waals surface area contributed by atoms with Gasteiger partial charge in [-0.15, -0.1) is 22.7 Å². The molecule has 0 fully saturated rings. The Bertz CT molecular complexity index is 3790. The van der Waals surface area contributed by atoms with E-state index in [9.17, 15) is 4.79 Å². The third-order valence-corrected chi connectivity index (χ3v) is 22.2. The fraction of sp³-hybridized carbons (Fsp3) is 0.296. The Hall–Kier alpha value is -7.67. The highest BCUT2D eigenvalue weighted by Gasteiger charge is 2.31. The molecule has 2 aliphatic heterocycles. The maximum atomic E-state index is 14.5. The zero-order valence-corrected chi connectivity index (χ0v) is 56.8. The predicted molar refractivity (Wildman–Crippen MR) is 389 cm³/mol. The van der Waals surface area contributed by atoms with E-state index in [1.807, 2.05) is 0 Å². The summed E-state index contributed by atoms with van der Waals surface area (Å²) >= 11 is 7.09. The van der Waals surface area contributed by atoms with Crippen molar-refractivity contribution in [3.05, 3.63) is 193 Å². The minimum Gasteiger partial charge on any atom is -0.494 e. The fourth-order valence-corrected chi connectivity index (χ4v) is 16.8. The molecule has 470 valence electrons. The van der Waals surface area contributed by atoms with Gasteiger partial charge in [0.25, 0.3) is 0 Å². The van der Waals surface area contributed by atoms with E-state index in [0.29, 0.717) is 0 Å². The molecule has 3 aliphatic rings. The molecular formula is C81H82N2O5S4. The molecular weight excluding hydrogens is 1210 g/mol. The maximum absolute atomic E-state index is 14.5. The fourth-order valence-electron chi connectivity index (χ4n) is 12.6. The van der Waals surface area contributed by atoms with Crippen LogP contribution in [0.1, 0.15) is 146 Å². The van der Waals surface area contributed by atoms with Gasteiger partial charge in [-0.25, -0.2) is 0 Å². The summed E-state index contributed by atoms with van der Waals surface area (Å²) in [5.74, 6) is 3.71. The largest absolute Gasteiger partial charge is 0.494 e. The molecule has 92 heavy (non-hydrogen) atoms. The van der Waals surface area contributed by atoms with Gasteiger partial charge in [-0.05, 0) is 193 Å². The number of ether oxygens (including phenoxy) is 4. The molecule has 10 aromatic rings. The molecule has 0 atom stereocenters. The topological polar surface area (TPSA) is 60.5 Å². The van der Waals surface area contributed by atoms with Gasteiger partial charge < -0.3 is 28.7 Å². The summed E-state index contributed by atoms with van der Waals surface area (Å²) < 4.78 is 25.2. The van der Waals surface area contributed by atoms with Gasteiger partial charge in [0.1, 0.15) is 23.0 Å². The summed E-state index contributed by atoms with van der Waals surface area (Å²) in [7, 11) is 0. The first kappa shape index (κ1) is 63.1. The predicted octanol–water partition coefficient (Wildman–Crippen LogP) is 25.4. The van der Waals surface area contributed by atoms with E-state index >= 15 is 0 Å². The van der Waals surface area contributed by atoms with Crippen LogP contribution in [0.25, 0.3) is 52.9 Å². The first-order chi connectivity index (χ1) is 45.3. The lowest BCUT2D eigenvalue weighted by atomic mass is 10.0. The molecule has 13 rings (SSSR count). The van der Waals surface area contributed by atoms with Crippen LogP contribution in [-0.2, 0) is 0 Å². The van der Waals surface area contributed by atoms with E-state index in [4.69, 9.17) is 18.9 Å². The normalized spacial score (nSPS) is 12.7. The Balaban J connectivity index is 0.693. The maximum Gasteiger partial charge on any atom is 0.194 e. The highest BCUT2D eigenvalue weighted by Crippen LogP contribution is 2.56. The van der Waals surface area contributed by atoms with Crippen molar-refractivity contribution in [3.8, 4) is 75.9 Å². The number of unbranched alkanes of at least 4 members (excludes halogenated alkanes) is 12. The van der Waals surface area contributed by atoms with E-state index < -0.39 is 0 Å². The van der Waals surface area contributed by atoms with Crippen LogP contribution < -0.4 is 28.7 Å². The summed E-state index contributed by atoms with van der Waals surface area (Å²) in [5.41, 5.74) is 14.6. The minimum absolute atomic E-state index is 0.0755. The van der Waals surface area contributed by atoms with E-state index in [-0.39, 0.29) is 5.78 Å². The van der Waals surface area contributed by atoms with Crippen molar-refractivity contribution in [1.82, 2.24) is 0 Å². The molecule has 0 saturated carbocycles. The summed E-state index contributed by atoms with van der Waals surface area (Å²) in [5, 5.41) is 0.